The highest BCUT2D eigenvalue weighted by Gasteiger charge is 2.46. The Morgan fingerprint density at radius 2 is 1.97 bits per heavy atom. The normalized spacial score (nSPS) is 19.0. The number of likely N-dealkylation sites (tertiary alicyclic amines) is 1. The molecule has 1 aromatic carbocycles. The lowest BCUT2D eigenvalue weighted by Gasteiger charge is -2.24. The number of rotatable bonds is 6. The minimum atomic E-state index is -0.788. The van der Waals surface area contributed by atoms with E-state index in [4.69, 9.17) is 9.47 Å². The highest BCUT2D eigenvalue weighted by Crippen LogP contribution is 2.40. The number of imidazole rings is 1. The number of ketones is 1. The molecule has 4 heterocycles. The Morgan fingerprint density at radius 1 is 1.09 bits per heavy atom. The molecule has 0 radical (unpaired) electrons. The van der Waals surface area contributed by atoms with Crippen LogP contribution < -0.4 is 9.47 Å². The summed E-state index contributed by atoms with van der Waals surface area (Å²) in [4.78, 5) is 35.8. The Labute approximate surface area is 183 Å². The van der Waals surface area contributed by atoms with Crippen LogP contribution in [0.4, 0.5) is 0 Å². The molecule has 2 aliphatic rings. The van der Waals surface area contributed by atoms with Crippen LogP contribution in [-0.4, -0.2) is 49.6 Å². The van der Waals surface area contributed by atoms with Crippen LogP contribution in [0.2, 0.25) is 0 Å². The molecule has 32 heavy (non-hydrogen) atoms. The molecule has 1 amide bonds. The van der Waals surface area contributed by atoms with Crippen LogP contribution in [0.1, 0.15) is 23.7 Å². The zero-order chi connectivity index (χ0) is 22.1. The number of aromatic nitrogens is 3. The molecule has 1 unspecified atom stereocenters. The summed E-state index contributed by atoms with van der Waals surface area (Å²) < 4.78 is 12.6. The quantitative estimate of drug-likeness (QED) is 0.362. The SMILES string of the molecule is O=C1C(=O)N(CCCn2ccnc2)C(c2ccccn2)/C1=C(/O)c1ccc2c(c1)OCO2. The maximum Gasteiger partial charge on any atom is 0.295 e. The molecule has 0 aliphatic carbocycles. The third-order valence-electron chi connectivity index (χ3n) is 5.53. The summed E-state index contributed by atoms with van der Waals surface area (Å²) in [5, 5.41) is 11.1. The molecule has 162 valence electrons. The standard InChI is InChI=1S/C23H20N4O5/c28-21(15-5-6-17-18(12-15)32-14-31-17)19-20(16-4-1-2-7-25-16)27(23(30)22(19)29)10-3-9-26-11-8-24-13-26/h1-2,4-8,11-13,20,28H,3,9-10,14H2/b21-19-. The summed E-state index contributed by atoms with van der Waals surface area (Å²) in [6.07, 6.45) is 7.43. The van der Waals surface area contributed by atoms with Gasteiger partial charge in [-0.25, -0.2) is 4.98 Å². The Balaban J connectivity index is 1.52. The van der Waals surface area contributed by atoms with Crippen molar-refractivity contribution in [3.05, 3.63) is 78.1 Å². The number of amides is 1. The predicted molar refractivity (Wildman–Crippen MR) is 113 cm³/mol. The van der Waals surface area contributed by atoms with Crippen molar-refractivity contribution in [1.29, 1.82) is 0 Å². The summed E-state index contributed by atoms with van der Waals surface area (Å²) in [6, 6.07) is 9.39. The van der Waals surface area contributed by atoms with Crippen LogP contribution in [0, 0.1) is 0 Å². The third-order valence-corrected chi connectivity index (χ3v) is 5.53. The predicted octanol–water partition coefficient (Wildman–Crippen LogP) is 2.52. The number of nitrogens with zero attached hydrogens (tertiary/aromatic N) is 4. The van der Waals surface area contributed by atoms with E-state index in [2.05, 4.69) is 9.97 Å². The lowest BCUT2D eigenvalue weighted by Crippen LogP contribution is -2.31. The van der Waals surface area contributed by atoms with Gasteiger partial charge in [-0.3, -0.25) is 14.6 Å². The van der Waals surface area contributed by atoms with Crippen LogP contribution >= 0.6 is 0 Å². The van der Waals surface area contributed by atoms with E-state index in [-0.39, 0.29) is 18.1 Å². The molecule has 1 saturated heterocycles. The summed E-state index contributed by atoms with van der Waals surface area (Å²) in [7, 11) is 0. The molecular formula is C23H20N4O5. The Kier molecular flexibility index (Phi) is 5.06. The molecule has 1 fully saturated rings. The molecule has 5 rings (SSSR count). The molecule has 3 aromatic rings. The van der Waals surface area contributed by atoms with Gasteiger partial charge in [-0.1, -0.05) is 6.07 Å². The van der Waals surface area contributed by atoms with E-state index < -0.39 is 17.7 Å². The third kappa shape index (κ3) is 3.47. The van der Waals surface area contributed by atoms with Crippen LogP contribution in [0.3, 0.4) is 0 Å². The lowest BCUT2D eigenvalue weighted by atomic mass is 9.98. The molecule has 0 saturated carbocycles. The first-order chi connectivity index (χ1) is 15.6. The number of aryl methyl sites for hydroxylation is 1. The van der Waals surface area contributed by atoms with Gasteiger partial charge in [0, 0.05) is 37.2 Å². The Hall–Kier alpha value is -4.14. The van der Waals surface area contributed by atoms with E-state index in [0.29, 0.717) is 42.3 Å². The number of pyridine rings is 1. The largest absolute Gasteiger partial charge is 0.507 e. The van der Waals surface area contributed by atoms with Gasteiger partial charge in [-0.15, -0.1) is 0 Å². The van der Waals surface area contributed by atoms with E-state index >= 15 is 0 Å². The lowest BCUT2D eigenvalue weighted by molar-refractivity contribution is -0.140. The summed E-state index contributed by atoms with van der Waals surface area (Å²) >= 11 is 0. The van der Waals surface area contributed by atoms with Crippen molar-refractivity contribution >= 4 is 17.4 Å². The smallest absolute Gasteiger partial charge is 0.295 e. The molecule has 1 atom stereocenters. The van der Waals surface area contributed by atoms with Gasteiger partial charge in [0.2, 0.25) is 6.79 Å². The first-order valence-corrected chi connectivity index (χ1v) is 10.2. The average Bonchev–Trinajstić information content (AvgIpc) is 3.55. The van der Waals surface area contributed by atoms with Crippen molar-refractivity contribution in [2.75, 3.05) is 13.3 Å². The molecule has 0 bridgehead atoms. The number of carbonyl (C=O) groups excluding carboxylic acids is 2. The van der Waals surface area contributed by atoms with Crippen LogP contribution in [0.5, 0.6) is 11.5 Å². The molecule has 9 nitrogen and oxygen atoms in total. The van der Waals surface area contributed by atoms with Crippen molar-refractivity contribution in [1.82, 2.24) is 19.4 Å². The maximum atomic E-state index is 13.0. The number of aliphatic hydroxyl groups is 1. The minimum Gasteiger partial charge on any atom is -0.507 e. The van der Waals surface area contributed by atoms with E-state index in [0.717, 1.165) is 0 Å². The van der Waals surface area contributed by atoms with Gasteiger partial charge in [0.15, 0.2) is 11.5 Å². The van der Waals surface area contributed by atoms with Gasteiger partial charge in [0.05, 0.1) is 17.6 Å². The number of benzene rings is 1. The van der Waals surface area contributed by atoms with E-state index in [1.807, 2.05) is 10.8 Å². The number of hydrogen-bond acceptors (Lipinski definition) is 7. The number of fused-ring (bicyclic) bond motifs is 1. The zero-order valence-corrected chi connectivity index (χ0v) is 17.0. The zero-order valence-electron chi connectivity index (χ0n) is 17.0. The van der Waals surface area contributed by atoms with E-state index in [1.165, 1.54) is 4.90 Å². The minimum absolute atomic E-state index is 0.00944. The van der Waals surface area contributed by atoms with Gasteiger partial charge in [-0.05, 0) is 36.8 Å². The summed E-state index contributed by atoms with van der Waals surface area (Å²) in [5.74, 6) is -0.637. The first-order valence-electron chi connectivity index (χ1n) is 10.2. The fourth-order valence-electron chi connectivity index (χ4n) is 4.00. The molecule has 2 aliphatic heterocycles. The van der Waals surface area contributed by atoms with Crippen molar-refractivity contribution in [3.63, 3.8) is 0 Å². The molecule has 2 aromatic heterocycles. The topological polar surface area (TPSA) is 107 Å². The monoisotopic (exact) mass is 432 g/mol. The second kappa shape index (κ2) is 8.18. The van der Waals surface area contributed by atoms with E-state index in [1.54, 1.807) is 55.1 Å². The molecular weight excluding hydrogens is 412 g/mol. The van der Waals surface area contributed by atoms with Crippen molar-refractivity contribution in [3.8, 4) is 11.5 Å². The van der Waals surface area contributed by atoms with Gasteiger partial charge >= 0.3 is 0 Å². The summed E-state index contributed by atoms with van der Waals surface area (Å²) in [6.45, 7) is 1.05. The number of aliphatic hydroxyl groups excluding tert-OH is 1. The second-order valence-corrected chi connectivity index (χ2v) is 7.47. The maximum absolute atomic E-state index is 13.0. The highest BCUT2D eigenvalue weighted by atomic mass is 16.7. The summed E-state index contributed by atoms with van der Waals surface area (Å²) in [5.41, 5.74) is 0.887. The van der Waals surface area contributed by atoms with E-state index in [9.17, 15) is 14.7 Å². The Morgan fingerprint density at radius 3 is 2.75 bits per heavy atom. The van der Waals surface area contributed by atoms with Crippen molar-refractivity contribution < 1.29 is 24.2 Å². The van der Waals surface area contributed by atoms with Crippen LogP contribution in [-0.2, 0) is 16.1 Å². The van der Waals surface area contributed by atoms with Crippen LogP contribution in [0.15, 0.2) is 66.9 Å². The molecule has 0 spiro atoms. The van der Waals surface area contributed by atoms with Crippen LogP contribution in [0.25, 0.3) is 5.76 Å². The number of Topliss-reactive ketones (excluding diaryl/α,β-unsaturated/α-hetero) is 1. The van der Waals surface area contributed by atoms with Gasteiger partial charge in [-0.2, -0.15) is 0 Å². The fraction of sp³-hybridized carbons (Fsp3) is 0.217. The highest BCUT2D eigenvalue weighted by molar-refractivity contribution is 6.46. The number of carbonyl (C=O) groups is 2. The number of hydrogen-bond donors (Lipinski definition) is 1. The van der Waals surface area contributed by atoms with Gasteiger partial charge in [0.1, 0.15) is 11.8 Å². The van der Waals surface area contributed by atoms with Crippen molar-refractivity contribution in [2.24, 2.45) is 0 Å². The van der Waals surface area contributed by atoms with Gasteiger partial charge in [0.25, 0.3) is 11.7 Å². The fourth-order valence-corrected chi connectivity index (χ4v) is 4.00. The van der Waals surface area contributed by atoms with Crippen molar-refractivity contribution in [2.45, 2.75) is 19.0 Å². The van der Waals surface area contributed by atoms with Gasteiger partial charge < -0.3 is 24.0 Å². The molecule has 9 heteroatoms. The number of ether oxygens (including phenoxy) is 2. The second-order valence-electron chi connectivity index (χ2n) is 7.47. The Bertz CT molecular complexity index is 1190. The first kappa shape index (κ1) is 19.8. The molecule has 1 N–H and O–H groups in total. The average molecular weight is 432 g/mol.